The van der Waals surface area contributed by atoms with E-state index in [-0.39, 0.29) is 27.0 Å². The van der Waals surface area contributed by atoms with Crippen LogP contribution in [0.5, 0.6) is 23.0 Å². The fourth-order valence-electron chi connectivity index (χ4n) is 7.17. The first kappa shape index (κ1) is 55.7. The SMILES string of the molecule is CCCOc1c(C#N)c(C#N)c(OCCC)c(SC(C)(C)C)c1Sc1ccccc1N.CCCOc1c(C#N)c(C#N)c(OCCC)c(Sc2cccc3c(C(C)C)cccc23)c1Sc1ccccc1N. The fourth-order valence-corrected chi connectivity index (χ4v) is 11.8. The molecule has 0 aliphatic heterocycles. The molecule has 0 aliphatic carbocycles. The van der Waals surface area contributed by atoms with E-state index in [2.05, 4.69) is 95.3 Å². The Kier molecular flexibility index (Phi) is 21.0. The van der Waals surface area contributed by atoms with Crippen molar-refractivity contribution in [2.24, 2.45) is 0 Å². The molecule has 0 radical (unpaired) electrons. The highest BCUT2D eigenvalue weighted by molar-refractivity contribution is 8.03. The number of nitrogen functional groups attached to an aromatic ring is 2. The number of benzene rings is 6. The first-order chi connectivity index (χ1) is 34.2. The largest absolute Gasteiger partial charge is 0.491 e. The molecular formula is C57H62N6O4S4. The normalized spacial score (nSPS) is 10.9. The second-order valence-corrected chi connectivity index (χ2v) is 22.4. The van der Waals surface area contributed by atoms with E-state index in [4.69, 9.17) is 30.4 Å². The standard InChI is InChI=1S/C33H33N3O2S2.C24H29N3O2S2/c1-5-17-37-30-25(19-34)26(20-35)31(38-18-6-2)33(40-29-15-8-7-14-27(29)36)32(30)39-28-16-10-12-23-22(21(3)4)11-9-13-24(23)28;1-6-12-28-20-16(14-25)17(15-26)21(29-13-7-2)23(31-24(3,4)5)22(20)30-19-11-9-8-10-18(19)27/h7-16,21H,5-6,17-18,36H2,1-4H3;8-11H,6-7,12-13,27H2,1-5H3. The highest BCUT2D eigenvalue weighted by atomic mass is 32.2. The van der Waals surface area contributed by atoms with Gasteiger partial charge in [-0.1, -0.05) is 152 Å². The number of thioether (sulfide) groups is 1. The summed E-state index contributed by atoms with van der Waals surface area (Å²) in [4.78, 5) is 5.74. The van der Waals surface area contributed by atoms with Crippen molar-refractivity contribution in [3.8, 4) is 47.3 Å². The predicted octanol–water partition coefficient (Wildman–Crippen LogP) is 15.8. The molecule has 368 valence electrons. The number of hydrogen-bond acceptors (Lipinski definition) is 14. The molecule has 0 aliphatic rings. The average molecular weight is 1020 g/mol. The Morgan fingerprint density at radius 2 is 0.803 bits per heavy atom. The Morgan fingerprint density at radius 1 is 0.465 bits per heavy atom. The summed E-state index contributed by atoms with van der Waals surface area (Å²) in [6, 6.07) is 36.8. The zero-order chi connectivity index (χ0) is 51.7. The number of anilines is 2. The minimum Gasteiger partial charge on any atom is -0.491 e. The highest BCUT2D eigenvalue weighted by Gasteiger charge is 2.32. The van der Waals surface area contributed by atoms with Crippen molar-refractivity contribution in [3.63, 3.8) is 0 Å². The molecule has 0 atom stereocenters. The molecule has 0 saturated heterocycles. The smallest absolute Gasteiger partial charge is 0.153 e. The third-order valence-corrected chi connectivity index (χ3v) is 15.3. The van der Waals surface area contributed by atoms with E-state index in [9.17, 15) is 21.0 Å². The molecule has 71 heavy (non-hydrogen) atoms. The van der Waals surface area contributed by atoms with Gasteiger partial charge in [0.05, 0.1) is 46.0 Å². The number of ether oxygens (including phenoxy) is 4. The lowest BCUT2D eigenvalue weighted by atomic mass is 9.96. The van der Waals surface area contributed by atoms with E-state index in [1.165, 1.54) is 46.2 Å². The maximum atomic E-state index is 10.3. The van der Waals surface area contributed by atoms with Gasteiger partial charge in [-0.2, -0.15) is 21.0 Å². The zero-order valence-electron chi connectivity index (χ0n) is 42.0. The lowest BCUT2D eigenvalue weighted by molar-refractivity contribution is 0.293. The molecule has 6 aromatic rings. The summed E-state index contributed by atoms with van der Waals surface area (Å²) in [5.41, 5.74) is 15.9. The maximum absolute atomic E-state index is 10.3. The molecule has 10 nitrogen and oxygen atoms in total. The van der Waals surface area contributed by atoms with Crippen LogP contribution in [0.4, 0.5) is 11.4 Å². The van der Waals surface area contributed by atoms with E-state index in [1.54, 1.807) is 11.8 Å². The minimum atomic E-state index is -0.162. The number of para-hydroxylation sites is 2. The van der Waals surface area contributed by atoms with Crippen LogP contribution >= 0.6 is 47.0 Å². The van der Waals surface area contributed by atoms with Gasteiger partial charge in [0.1, 0.15) is 46.5 Å². The molecule has 4 N–H and O–H groups in total. The summed E-state index contributed by atoms with van der Waals surface area (Å²) < 4.78 is 24.5. The van der Waals surface area contributed by atoms with Gasteiger partial charge in [-0.05, 0) is 78.3 Å². The van der Waals surface area contributed by atoms with Crippen LogP contribution < -0.4 is 30.4 Å². The molecule has 0 heterocycles. The fraction of sp³-hybridized carbons (Fsp3) is 0.333. The second-order valence-electron chi connectivity index (χ2n) is 17.4. The van der Waals surface area contributed by atoms with Crippen molar-refractivity contribution < 1.29 is 18.9 Å². The Morgan fingerprint density at radius 3 is 1.17 bits per heavy atom. The van der Waals surface area contributed by atoms with Gasteiger partial charge in [-0.3, -0.25) is 0 Å². The van der Waals surface area contributed by atoms with Gasteiger partial charge >= 0.3 is 0 Å². The van der Waals surface area contributed by atoms with Crippen molar-refractivity contribution in [3.05, 3.63) is 113 Å². The predicted molar refractivity (Wildman–Crippen MR) is 293 cm³/mol. The monoisotopic (exact) mass is 1020 g/mol. The topological polar surface area (TPSA) is 184 Å². The summed E-state index contributed by atoms with van der Waals surface area (Å²) in [7, 11) is 0. The van der Waals surface area contributed by atoms with E-state index < -0.39 is 0 Å². The van der Waals surface area contributed by atoms with E-state index >= 15 is 0 Å². The molecule has 0 fully saturated rings. The Labute approximate surface area is 437 Å². The van der Waals surface area contributed by atoms with Crippen LogP contribution in [0, 0.1) is 45.3 Å². The number of hydrogen-bond donors (Lipinski definition) is 2. The summed E-state index contributed by atoms with van der Waals surface area (Å²) in [5, 5.41) is 42.8. The third kappa shape index (κ3) is 13.8. The van der Waals surface area contributed by atoms with Crippen LogP contribution in [0.25, 0.3) is 10.8 Å². The third-order valence-electron chi connectivity index (χ3n) is 10.3. The molecule has 0 amide bonds. The van der Waals surface area contributed by atoms with Gasteiger partial charge in [-0.25, -0.2) is 0 Å². The van der Waals surface area contributed by atoms with Crippen molar-refractivity contribution in [1.82, 2.24) is 0 Å². The van der Waals surface area contributed by atoms with E-state index in [0.717, 1.165) is 65.3 Å². The lowest BCUT2D eigenvalue weighted by Crippen LogP contribution is -2.11. The molecule has 0 unspecified atom stereocenters. The number of nitrogens with zero attached hydrogens (tertiary/aromatic N) is 4. The second kappa shape index (κ2) is 26.8. The van der Waals surface area contributed by atoms with E-state index in [0.29, 0.717) is 66.7 Å². The van der Waals surface area contributed by atoms with Crippen LogP contribution in [0.2, 0.25) is 0 Å². The van der Waals surface area contributed by atoms with Crippen LogP contribution in [0.1, 0.15) is 122 Å². The summed E-state index contributed by atoms with van der Waals surface area (Å²) in [5.74, 6) is 2.03. The Balaban J connectivity index is 0.000000273. The maximum Gasteiger partial charge on any atom is 0.153 e. The number of nitrogens with two attached hydrogens (primary N) is 2. The summed E-state index contributed by atoms with van der Waals surface area (Å²) in [6.07, 6.45) is 3.07. The van der Waals surface area contributed by atoms with Crippen molar-refractivity contribution in [2.45, 2.75) is 133 Å². The molecule has 14 heteroatoms. The van der Waals surface area contributed by atoms with Crippen molar-refractivity contribution >= 4 is 69.2 Å². The van der Waals surface area contributed by atoms with Crippen LogP contribution in [0.3, 0.4) is 0 Å². The van der Waals surface area contributed by atoms with Gasteiger partial charge in [0, 0.05) is 30.8 Å². The molecular weight excluding hydrogens is 961 g/mol. The van der Waals surface area contributed by atoms with Gasteiger partial charge in [0.15, 0.2) is 23.0 Å². The molecule has 0 aromatic heterocycles. The van der Waals surface area contributed by atoms with Crippen LogP contribution in [0.15, 0.2) is 119 Å². The molecule has 0 spiro atoms. The Hall–Kier alpha value is -6.26. The number of fused-ring (bicyclic) bond motifs is 1. The number of nitriles is 4. The van der Waals surface area contributed by atoms with Gasteiger partial charge < -0.3 is 30.4 Å². The summed E-state index contributed by atoms with van der Waals surface area (Å²) in [6.45, 7) is 20.4. The molecule has 0 saturated carbocycles. The molecule has 6 rings (SSSR count). The van der Waals surface area contributed by atoms with Crippen LogP contribution in [-0.2, 0) is 0 Å². The zero-order valence-corrected chi connectivity index (χ0v) is 45.3. The first-order valence-electron chi connectivity index (χ1n) is 23.7. The summed E-state index contributed by atoms with van der Waals surface area (Å²) >= 11 is 6.01. The molecule has 0 bridgehead atoms. The minimum absolute atomic E-state index is 0.162. The first-order valence-corrected chi connectivity index (χ1v) is 27.0. The molecule has 6 aromatic carbocycles. The highest BCUT2D eigenvalue weighted by Crippen LogP contribution is 2.55. The lowest BCUT2D eigenvalue weighted by Gasteiger charge is -2.26. The van der Waals surface area contributed by atoms with Crippen molar-refractivity contribution in [1.29, 1.82) is 21.0 Å². The van der Waals surface area contributed by atoms with Gasteiger partial charge in [0.2, 0.25) is 0 Å². The van der Waals surface area contributed by atoms with Gasteiger partial charge in [0.25, 0.3) is 0 Å². The Bertz CT molecular complexity index is 3000. The van der Waals surface area contributed by atoms with E-state index in [1.807, 2.05) is 76.2 Å². The van der Waals surface area contributed by atoms with Crippen LogP contribution in [-0.4, -0.2) is 31.2 Å². The quantitative estimate of drug-likeness (QED) is 0.0544. The van der Waals surface area contributed by atoms with Crippen molar-refractivity contribution in [2.75, 3.05) is 37.9 Å². The number of rotatable bonds is 20. The van der Waals surface area contributed by atoms with Gasteiger partial charge in [-0.15, -0.1) is 11.8 Å². The average Bonchev–Trinajstić information content (AvgIpc) is 3.35.